The maximum Gasteiger partial charge on any atom is 0.0647 e. The molecule has 18 heavy (non-hydrogen) atoms. The SMILES string of the molecule is CCc1ccc(CC)c(C(Br)c2ccccc2)c1. The number of rotatable bonds is 4. The van der Waals surface area contributed by atoms with Gasteiger partial charge in [-0.25, -0.2) is 0 Å². The Labute approximate surface area is 118 Å². The fourth-order valence-electron chi connectivity index (χ4n) is 2.22. The summed E-state index contributed by atoms with van der Waals surface area (Å²) in [6.07, 6.45) is 2.17. The van der Waals surface area contributed by atoms with E-state index < -0.39 is 0 Å². The van der Waals surface area contributed by atoms with Crippen molar-refractivity contribution in [2.24, 2.45) is 0 Å². The minimum Gasteiger partial charge on any atom is -0.0786 e. The van der Waals surface area contributed by atoms with E-state index in [-0.39, 0.29) is 0 Å². The molecule has 0 aliphatic carbocycles. The van der Waals surface area contributed by atoms with E-state index in [9.17, 15) is 0 Å². The third-order valence-corrected chi connectivity index (χ3v) is 4.39. The van der Waals surface area contributed by atoms with Gasteiger partial charge in [0.2, 0.25) is 0 Å². The third kappa shape index (κ3) is 2.84. The molecule has 1 heteroatoms. The van der Waals surface area contributed by atoms with Gasteiger partial charge in [0.1, 0.15) is 0 Å². The zero-order chi connectivity index (χ0) is 13.0. The van der Waals surface area contributed by atoms with E-state index in [0.717, 1.165) is 12.8 Å². The Morgan fingerprint density at radius 2 is 1.67 bits per heavy atom. The minimum atomic E-state index is 0.292. The van der Waals surface area contributed by atoms with E-state index in [4.69, 9.17) is 0 Å². The van der Waals surface area contributed by atoms with Crippen LogP contribution in [0.5, 0.6) is 0 Å². The Bertz CT molecular complexity index is 502. The average Bonchev–Trinajstić information content (AvgIpc) is 2.46. The second-order valence-corrected chi connectivity index (χ2v) is 5.43. The maximum atomic E-state index is 3.85. The molecule has 0 saturated carbocycles. The molecule has 2 aromatic rings. The Morgan fingerprint density at radius 1 is 0.944 bits per heavy atom. The molecule has 0 N–H and O–H groups in total. The zero-order valence-electron chi connectivity index (χ0n) is 11.0. The summed E-state index contributed by atoms with van der Waals surface area (Å²) in [5.74, 6) is 0. The first-order valence-electron chi connectivity index (χ1n) is 6.57. The first-order valence-corrected chi connectivity index (χ1v) is 7.48. The minimum absolute atomic E-state index is 0.292. The predicted molar refractivity (Wildman–Crippen MR) is 82.4 cm³/mol. The highest BCUT2D eigenvalue weighted by atomic mass is 79.9. The van der Waals surface area contributed by atoms with Crippen LogP contribution in [0, 0.1) is 0 Å². The van der Waals surface area contributed by atoms with Gasteiger partial charge in [0.15, 0.2) is 0 Å². The summed E-state index contributed by atoms with van der Waals surface area (Å²) in [5, 5.41) is 0. The molecule has 0 fully saturated rings. The van der Waals surface area contributed by atoms with Crippen LogP contribution in [0.2, 0.25) is 0 Å². The topological polar surface area (TPSA) is 0 Å². The number of hydrogen-bond donors (Lipinski definition) is 0. The first kappa shape index (κ1) is 13.4. The quantitative estimate of drug-likeness (QED) is 0.673. The molecule has 0 spiro atoms. The Morgan fingerprint density at radius 3 is 2.28 bits per heavy atom. The number of aryl methyl sites for hydroxylation is 2. The lowest BCUT2D eigenvalue weighted by atomic mass is 9.95. The molecular formula is C17H19Br. The number of hydrogen-bond acceptors (Lipinski definition) is 0. The molecule has 0 nitrogen and oxygen atoms in total. The summed E-state index contributed by atoms with van der Waals surface area (Å²) in [6.45, 7) is 4.42. The lowest BCUT2D eigenvalue weighted by molar-refractivity contribution is 1.03. The van der Waals surface area contributed by atoms with E-state index >= 15 is 0 Å². The number of halogens is 1. The van der Waals surface area contributed by atoms with Crippen LogP contribution >= 0.6 is 15.9 Å². The lowest BCUT2D eigenvalue weighted by Crippen LogP contribution is -1.99. The van der Waals surface area contributed by atoms with Crippen molar-refractivity contribution in [3.8, 4) is 0 Å². The molecule has 0 heterocycles. The van der Waals surface area contributed by atoms with Crippen molar-refractivity contribution in [2.75, 3.05) is 0 Å². The largest absolute Gasteiger partial charge is 0.0786 e. The standard InChI is InChI=1S/C17H19Br/c1-3-13-10-11-14(4-2)16(12-13)17(18)15-8-6-5-7-9-15/h5-12,17H,3-4H2,1-2H3. The van der Waals surface area contributed by atoms with E-state index in [0.29, 0.717) is 4.83 Å². The molecule has 0 radical (unpaired) electrons. The highest BCUT2D eigenvalue weighted by molar-refractivity contribution is 9.09. The van der Waals surface area contributed by atoms with Crippen LogP contribution in [0.3, 0.4) is 0 Å². The summed E-state index contributed by atoms with van der Waals surface area (Å²) < 4.78 is 0. The molecule has 1 atom stereocenters. The van der Waals surface area contributed by atoms with Gasteiger partial charge < -0.3 is 0 Å². The van der Waals surface area contributed by atoms with Crippen LogP contribution in [-0.2, 0) is 12.8 Å². The van der Waals surface area contributed by atoms with Gasteiger partial charge in [0, 0.05) is 0 Å². The van der Waals surface area contributed by atoms with Crippen LogP contribution in [0.25, 0.3) is 0 Å². The van der Waals surface area contributed by atoms with Gasteiger partial charge >= 0.3 is 0 Å². The average molecular weight is 303 g/mol. The van der Waals surface area contributed by atoms with Crippen molar-refractivity contribution in [1.29, 1.82) is 0 Å². The van der Waals surface area contributed by atoms with E-state index in [1.54, 1.807) is 0 Å². The van der Waals surface area contributed by atoms with Crippen molar-refractivity contribution < 1.29 is 0 Å². The molecule has 0 aromatic heterocycles. The Hall–Kier alpha value is -1.08. The molecule has 0 aliphatic heterocycles. The summed E-state index contributed by atoms with van der Waals surface area (Å²) in [5.41, 5.74) is 5.56. The van der Waals surface area contributed by atoms with Crippen molar-refractivity contribution in [2.45, 2.75) is 31.5 Å². The molecule has 0 amide bonds. The highest BCUT2D eigenvalue weighted by Gasteiger charge is 2.13. The first-order chi connectivity index (χ1) is 8.76. The number of alkyl halides is 1. The third-order valence-electron chi connectivity index (χ3n) is 3.36. The predicted octanol–water partition coefficient (Wildman–Crippen LogP) is 5.30. The molecule has 94 valence electrons. The monoisotopic (exact) mass is 302 g/mol. The van der Waals surface area contributed by atoms with Gasteiger partial charge in [-0.2, -0.15) is 0 Å². The molecule has 0 bridgehead atoms. The maximum absolute atomic E-state index is 3.85. The molecule has 1 unspecified atom stereocenters. The van der Waals surface area contributed by atoms with E-state index in [1.165, 1.54) is 22.3 Å². The summed E-state index contributed by atoms with van der Waals surface area (Å²) in [6, 6.07) is 17.5. The van der Waals surface area contributed by atoms with E-state index in [1.807, 2.05) is 0 Å². The Balaban J connectivity index is 2.42. The Kier molecular flexibility index (Phi) is 4.60. The van der Waals surface area contributed by atoms with Gasteiger partial charge in [-0.15, -0.1) is 0 Å². The summed E-state index contributed by atoms with van der Waals surface area (Å²) >= 11 is 3.85. The van der Waals surface area contributed by atoms with Crippen LogP contribution in [0.1, 0.15) is 40.9 Å². The van der Waals surface area contributed by atoms with Gasteiger partial charge in [0.25, 0.3) is 0 Å². The fourth-order valence-corrected chi connectivity index (χ4v) is 2.96. The van der Waals surface area contributed by atoms with Crippen molar-refractivity contribution in [3.63, 3.8) is 0 Å². The van der Waals surface area contributed by atoms with Crippen LogP contribution < -0.4 is 0 Å². The van der Waals surface area contributed by atoms with E-state index in [2.05, 4.69) is 78.3 Å². The second kappa shape index (κ2) is 6.19. The van der Waals surface area contributed by atoms with Gasteiger partial charge in [0.05, 0.1) is 4.83 Å². The molecule has 0 saturated heterocycles. The van der Waals surface area contributed by atoms with Gasteiger partial charge in [-0.1, -0.05) is 78.3 Å². The van der Waals surface area contributed by atoms with Crippen molar-refractivity contribution >= 4 is 15.9 Å². The molecule has 2 aromatic carbocycles. The van der Waals surface area contributed by atoms with Crippen molar-refractivity contribution in [3.05, 3.63) is 70.8 Å². The van der Waals surface area contributed by atoms with Crippen molar-refractivity contribution in [1.82, 2.24) is 0 Å². The second-order valence-electron chi connectivity index (χ2n) is 4.51. The van der Waals surface area contributed by atoms with Crippen LogP contribution in [-0.4, -0.2) is 0 Å². The zero-order valence-corrected chi connectivity index (χ0v) is 12.6. The lowest BCUT2D eigenvalue weighted by Gasteiger charge is -2.16. The molecular weight excluding hydrogens is 284 g/mol. The summed E-state index contributed by atoms with van der Waals surface area (Å²) in [4.78, 5) is 0.292. The molecule has 2 rings (SSSR count). The highest BCUT2D eigenvalue weighted by Crippen LogP contribution is 2.33. The normalized spacial score (nSPS) is 12.4. The smallest absolute Gasteiger partial charge is 0.0647 e. The summed E-state index contributed by atoms with van der Waals surface area (Å²) in [7, 11) is 0. The van der Waals surface area contributed by atoms with Crippen LogP contribution in [0.4, 0.5) is 0 Å². The van der Waals surface area contributed by atoms with Gasteiger partial charge in [-0.05, 0) is 35.1 Å². The van der Waals surface area contributed by atoms with Crippen LogP contribution in [0.15, 0.2) is 48.5 Å². The fraction of sp³-hybridized carbons (Fsp3) is 0.294. The molecule has 0 aliphatic rings. The van der Waals surface area contributed by atoms with Gasteiger partial charge in [-0.3, -0.25) is 0 Å². The number of benzene rings is 2.